The summed E-state index contributed by atoms with van der Waals surface area (Å²) in [6.45, 7) is 0.403. The highest BCUT2D eigenvalue weighted by molar-refractivity contribution is 6.11. The van der Waals surface area contributed by atoms with Gasteiger partial charge in [-0.05, 0) is 40.6 Å². The lowest BCUT2D eigenvalue weighted by atomic mass is 9.88. The summed E-state index contributed by atoms with van der Waals surface area (Å²) in [6, 6.07) is 25.8. The maximum Gasteiger partial charge on any atom is 0.264 e. The smallest absolute Gasteiger partial charge is 0.264 e. The van der Waals surface area contributed by atoms with Crippen LogP contribution in [0, 0.1) is 0 Å². The van der Waals surface area contributed by atoms with Crippen LogP contribution in [0.15, 0.2) is 84.9 Å². The minimum atomic E-state index is -1.93. The van der Waals surface area contributed by atoms with E-state index in [4.69, 9.17) is 9.47 Å². The molecule has 0 saturated heterocycles. The van der Waals surface area contributed by atoms with Crippen molar-refractivity contribution < 1.29 is 24.2 Å². The average Bonchev–Trinajstić information content (AvgIpc) is 3.41. The quantitative estimate of drug-likeness (QED) is 0.450. The molecule has 1 atom stereocenters. The minimum Gasteiger partial charge on any atom is -0.454 e. The summed E-state index contributed by atoms with van der Waals surface area (Å²) in [6.07, 6.45) is -0.334. The number of para-hydroxylation sites is 1. The number of hydrogen-bond acceptors (Lipinski definition) is 5. The Bertz CT molecular complexity index is 1460. The van der Waals surface area contributed by atoms with Crippen LogP contribution in [-0.4, -0.2) is 23.6 Å². The predicted molar refractivity (Wildman–Crippen MR) is 127 cm³/mol. The van der Waals surface area contributed by atoms with Crippen LogP contribution in [0.3, 0.4) is 0 Å². The van der Waals surface area contributed by atoms with Crippen LogP contribution in [0.1, 0.15) is 27.9 Å². The molecule has 34 heavy (non-hydrogen) atoms. The van der Waals surface area contributed by atoms with E-state index in [1.807, 2.05) is 48.5 Å². The normalized spacial score (nSPS) is 18.4. The van der Waals surface area contributed by atoms with E-state index in [2.05, 4.69) is 0 Å². The zero-order valence-electron chi connectivity index (χ0n) is 18.2. The summed E-state index contributed by atoms with van der Waals surface area (Å²) in [5.41, 5.74) is 0.397. The molecule has 0 radical (unpaired) electrons. The average molecular weight is 451 g/mol. The number of rotatable bonds is 5. The number of anilines is 1. The molecule has 0 bridgehead atoms. The number of nitrogens with zero attached hydrogens (tertiary/aromatic N) is 1. The summed E-state index contributed by atoms with van der Waals surface area (Å²) in [7, 11) is 0. The lowest BCUT2D eigenvalue weighted by Gasteiger charge is -2.23. The number of ether oxygens (including phenoxy) is 2. The Labute approximate surface area is 196 Å². The van der Waals surface area contributed by atoms with Crippen LogP contribution in [0.5, 0.6) is 11.5 Å². The number of amides is 1. The fraction of sp³-hybridized carbons (Fsp3) is 0.143. The topological polar surface area (TPSA) is 76.1 Å². The van der Waals surface area contributed by atoms with E-state index in [1.54, 1.807) is 36.4 Å². The predicted octanol–water partition coefficient (Wildman–Crippen LogP) is 4.58. The number of benzene rings is 4. The highest BCUT2D eigenvalue weighted by Gasteiger charge is 2.50. The summed E-state index contributed by atoms with van der Waals surface area (Å²) in [4.78, 5) is 28.3. The van der Waals surface area contributed by atoms with Crippen molar-refractivity contribution in [1.29, 1.82) is 0 Å². The van der Waals surface area contributed by atoms with Crippen LogP contribution < -0.4 is 14.4 Å². The van der Waals surface area contributed by atoms with Crippen LogP contribution in [0.25, 0.3) is 10.8 Å². The van der Waals surface area contributed by atoms with E-state index in [0.29, 0.717) is 28.3 Å². The van der Waals surface area contributed by atoms with Gasteiger partial charge >= 0.3 is 0 Å². The molecule has 6 rings (SSSR count). The van der Waals surface area contributed by atoms with Crippen molar-refractivity contribution in [2.24, 2.45) is 0 Å². The van der Waals surface area contributed by atoms with Crippen molar-refractivity contribution in [3.05, 3.63) is 102 Å². The Morgan fingerprint density at radius 3 is 2.53 bits per heavy atom. The molecule has 6 nitrogen and oxygen atoms in total. The molecule has 4 aromatic rings. The third-order valence-corrected chi connectivity index (χ3v) is 6.50. The highest BCUT2D eigenvalue weighted by Crippen LogP contribution is 2.44. The molecule has 0 spiro atoms. The first-order valence-electron chi connectivity index (χ1n) is 11.1. The summed E-state index contributed by atoms with van der Waals surface area (Å²) in [5.74, 6) is 0.482. The van der Waals surface area contributed by atoms with Gasteiger partial charge in [-0.2, -0.15) is 0 Å². The number of carbonyl (C=O) groups is 2. The van der Waals surface area contributed by atoms with Gasteiger partial charge < -0.3 is 19.5 Å². The lowest BCUT2D eigenvalue weighted by Crippen LogP contribution is -2.41. The van der Waals surface area contributed by atoms with E-state index in [0.717, 1.165) is 16.3 Å². The summed E-state index contributed by atoms with van der Waals surface area (Å²) >= 11 is 0. The maximum absolute atomic E-state index is 13.6. The molecule has 6 heteroatoms. The first-order chi connectivity index (χ1) is 16.5. The second-order valence-electron chi connectivity index (χ2n) is 8.62. The van der Waals surface area contributed by atoms with Gasteiger partial charge in [0.2, 0.25) is 6.79 Å². The van der Waals surface area contributed by atoms with Crippen LogP contribution in [-0.2, 0) is 16.9 Å². The van der Waals surface area contributed by atoms with Gasteiger partial charge in [-0.1, -0.05) is 60.7 Å². The zero-order chi connectivity index (χ0) is 23.3. The molecule has 2 aliphatic heterocycles. The monoisotopic (exact) mass is 451 g/mol. The fourth-order valence-electron chi connectivity index (χ4n) is 4.75. The van der Waals surface area contributed by atoms with E-state index < -0.39 is 11.5 Å². The van der Waals surface area contributed by atoms with Gasteiger partial charge in [0, 0.05) is 11.1 Å². The number of aliphatic hydroxyl groups is 1. The summed E-state index contributed by atoms with van der Waals surface area (Å²) < 4.78 is 10.8. The second-order valence-corrected chi connectivity index (χ2v) is 8.62. The van der Waals surface area contributed by atoms with Crippen molar-refractivity contribution in [3.8, 4) is 11.5 Å². The van der Waals surface area contributed by atoms with Crippen molar-refractivity contribution in [1.82, 2.24) is 0 Å². The Hall–Kier alpha value is -4.16. The molecule has 4 aromatic carbocycles. The Morgan fingerprint density at radius 2 is 1.65 bits per heavy atom. The molecule has 1 N–H and O–H groups in total. The Kier molecular flexibility index (Phi) is 4.64. The fourth-order valence-corrected chi connectivity index (χ4v) is 4.75. The van der Waals surface area contributed by atoms with Gasteiger partial charge in [0.25, 0.3) is 5.91 Å². The largest absolute Gasteiger partial charge is 0.454 e. The van der Waals surface area contributed by atoms with Gasteiger partial charge in [-0.15, -0.1) is 0 Å². The van der Waals surface area contributed by atoms with E-state index in [-0.39, 0.29) is 25.5 Å². The zero-order valence-corrected chi connectivity index (χ0v) is 18.2. The van der Waals surface area contributed by atoms with Gasteiger partial charge in [-0.3, -0.25) is 9.59 Å². The first kappa shape index (κ1) is 20.4. The van der Waals surface area contributed by atoms with Crippen molar-refractivity contribution in [2.75, 3.05) is 11.7 Å². The maximum atomic E-state index is 13.6. The third-order valence-electron chi connectivity index (χ3n) is 6.50. The summed E-state index contributed by atoms with van der Waals surface area (Å²) in [5, 5.41) is 13.6. The molecule has 0 fully saturated rings. The number of Topliss-reactive ketones (excluding diaryl/α,β-unsaturated/α-hetero) is 1. The first-order valence-corrected chi connectivity index (χ1v) is 11.1. The van der Waals surface area contributed by atoms with E-state index in [9.17, 15) is 14.7 Å². The minimum absolute atomic E-state index is 0.168. The van der Waals surface area contributed by atoms with E-state index >= 15 is 0 Å². The molecule has 168 valence electrons. The highest BCUT2D eigenvalue weighted by atomic mass is 16.7. The van der Waals surface area contributed by atoms with Crippen LogP contribution in [0.2, 0.25) is 0 Å². The van der Waals surface area contributed by atoms with Crippen molar-refractivity contribution in [2.45, 2.75) is 18.6 Å². The third kappa shape index (κ3) is 3.23. The lowest BCUT2D eigenvalue weighted by molar-refractivity contribution is -0.136. The molecule has 2 aliphatic rings. The Morgan fingerprint density at radius 1 is 0.882 bits per heavy atom. The van der Waals surface area contributed by atoms with Crippen molar-refractivity contribution in [3.63, 3.8) is 0 Å². The Balaban J connectivity index is 1.32. The molecule has 1 amide bonds. The molecule has 0 aromatic heterocycles. The van der Waals surface area contributed by atoms with Crippen LogP contribution >= 0.6 is 0 Å². The molecule has 2 heterocycles. The van der Waals surface area contributed by atoms with E-state index in [1.165, 1.54) is 4.90 Å². The molecule has 0 aliphatic carbocycles. The SMILES string of the molecule is O=C(CC1(O)C(=O)N(Cc2ccc3c(c2)OCO3)c2ccccc21)c1ccc2ccccc2c1. The number of carbonyl (C=O) groups excluding carboxylic acids is 2. The number of fused-ring (bicyclic) bond motifs is 3. The second kappa shape index (κ2) is 7.71. The van der Waals surface area contributed by atoms with Crippen molar-refractivity contribution >= 4 is 28.2 Å². The number of hydrogen-bond donors (Lipinski definition) is 1. The van der Waals surface area contributed by atoms with Gasteiger partial charge in [0.05, 0.1) is 18.7 Å². The molecule has 1 unspecified atom stereocenters. The standard InChI is InChI=1S/C28H21NO5/c30-24(21-11-10-19-5-1-2-6-20(19)14-21)15-28(32)22-7-3-4-8-23(22)29(27(28)31)16-18-9-12-25-26(13-18)34-17-33-25/h1-14,32H,15-17H2. The van der Waals surface area contributed by atoms with Crippen LogP contribution in [0.4, 0.5) is 5.69 Å². The van der Waals surface area contributed by atoms with Gasteiger partial charge in [0.15, 0.2) is 22.9 Å². The molecule has 0 saturated carbocycles. The van der Waals surface area contributed by atoms with Gasteiger partial charge in [-0.25, -0.2) is 0 Å². The molecular formula is C28H21NO5. The molecular weight excluding hydrogens is 430 g/mol. The number of ketones is 1. The van der Waals surface area contributed by atoms with Gasteiger partial charge in [0.1, 0.15) is 0 Å².